The van der Waals surface area contributed by atoms with Crippen LogP contribution in [-0.2, 0) is 18.7 Å². The second kappa shape index (κ2) is 3.84. The van der Waals surface area contributed by atoms with Gasteiger partial charge in [0.2, 0.25) is 0 Å². The molecule has 0 amide bonds. The van der Waals surface area contributed by atoms with E-state index in [2.05, 4.69) is 16.2 Å². The van der Waals surface area contributed by atoms with Gasteiger partial charge < -0.3 is 9.40 Å². The summed E-state index contributed by atoms with van der Waals surface area (Å²) < 4.78 is 3.52. The zero-order chi connectivity index (χ0) is 8.15. The minimum absolute atomic E-state index is 0.834. The van der Waals surface area contributed by atoms with Gasteiger partial charge >= 0.3 is 11.9 Å². The Kier molecular flexibility index (Phi) is 3.42. The minimum atomic E-state index is -1.68. The first-order chi connectivity index (χ1) is 4.57. The molecule has 0 unspecified atom stereocenters. The summed E-state index contributed by atoms with van der Waals surface area (Å²) in [5.74, 6) is -4.00. The topological polar surface area (TPSA) is 80.7 Å². The van der Waals surface area contributed by atoms with Gasteiger partial charge in [0.15, 0.2) is 0 Å². The standard InChI is InChI=1S/C4H3ClO5/c5-10-3(7)1-2(6)4(8)9/h1H2,(H,8,9). The van der Waals surface area contributed by atoms with Crippen molar-refractivity contribution in [2.75, 3.05) is 0 Å². The molecule has 0 saturated carbocycles. The molecule has 0 rings (SSSR count). The summed E-state index contributed by atoms with van der Waals surface area (Å²) in [7, 11) is 0. The number of aliphatic carboxylic acids is 1. The summed E-state index contributed by atoms with van der Waals surface area (Å²) in [5.41, 5.74) is 0. The van der Waals surface area contributed by atoms with Gasteiger partial charge in [-0.15, -0.1) is 0 Å². The van der Waals surface area contributed by atoms with Gasteiger partial charge in [-0.05, 0) is 0 Å². The van der Waals surface area contributed by atoms with E-state index in [9.17, 15) is 14.4 Å². The second-order valence-electron chi connectivity index (χ2n) is 1.35. The van der Waals surface area contributed by atoms with Crippen LogP contribution < -0.4 is 0 Å². The van der Waals surface area contributed by atoms with Crippen molar-refractivity contribution >= 4 is 29.6 Å². The van der Waals surface area contributed by atoms with Crippen molar-refractivity contribution in [3.05, 3.63) is 0 Å². The van der Waals surface area contributed by atoms with E-state index in [1.807, 2.05) is 0 Å². The number of ketones is 1. The maximum atomic E-state index is 10.2. The molecule has 0 atom stereocenters. The summed E-state index contributed by atoms with van der Waals surface area (Å²) >= 11 is 4.51. The SMILES string of the molecule is O=C(CC(=O)C(=O)O)OCl. The molecule has 10 heavy (non-hydrogen) atoms. The molecule has 1 N–H and O–H groups in total. The molecule has 0 aliphatic rings. The maximum absolute atomic E-state index is 10.2. The van der Waals surface area contributed by atoms with Crippen molar-refractivity contribution < 1.29 is 23.8 Å². The normalized spacial score (nSPS) is 8.50. The lowest BCUT2D eigenvalue weighted by Gasteiger charge is -1.89. The average Bonchev–Trinajstić information content (AvgIpc) is 1.87. The molecule has 6 heteroatoms. The number of hydrogen-bond acceptors (Lipinski definition) is 4. The molecule has 0 aromatic heterocycles. The number of rotatable bonds is 3. The molecular weight excluding hydrogens is 163 g/mol. The van der Waals surface area contributed by atoms with Gasteiger partial charge in [0.1, 0.15) is 18.3 Å². The number of carboxylic acids is 1. The van der Waals surface area contributed by atoms with Crippen LogP contribution in [0.25, 0.3) is 0 Å². The third-order valence-electron chi connectivity index (χ3n) is 0.629. The molecule has 0 aromatic carbocycles. The third-order valence-corrected chi connectivity index (χ3v) is 0.802. The second-order valence-corrected chi connectivity index (χ2v) is 1.51. The molecule has 0 radical (unpaired) electrons. The summed E-state index contributed by atoms with van der Waals surface area (Å²) in [6.45, 7) is 0. The predicted octanol–water partition coefficient (Wildman–Crippen LogP) is -0.273. The highest BCUT2D eigenvalue weighted by Crippen LogP contribution is 1.90. The Hall–Kier alpha value is -1.10. The van der Waals surface area contributed by atoms with Crippen LogP contribution in [0.5, 0.6) is 0 Å². The molecular formula is C4H3ClO5. The quantitative estimate of drug-likeness (QED) is 0.461. The van der Waals surface area contributed by atoms with E-state index in [4.69, 9.17) is 5.11 Å². The summed E-state index contributed by atoms with van der Waals surface area (Å²) in [5, 5.41) is 7.93. The van der Waals surface area contributed by atoms with Gasteiger partial charge in [0.05, 0.1) is 0 Å². The van der Waals surface area contributed by atoms with Gasteiger partial charge in [-0.2, -0.15) is 0 Å². The highest BCUT2D eigenvalue weighted by Gasteiger charge is 2.16. The first kappa shape index (κ1) is 8.90. The number of carbonyl (C=O) groups excluding carboxylic acids is 2. The van der Waals surface area contributed by atoms with Crippen LogP contribution in [0.4, 0.5) is 0 Å². The van der Waals surface area contributed by atoms with Gasteiger partial charge in [-0.1, -0.05) is 0 Å². The maximum Gasteiger partial charge on any atom is 0.372 e. The van der Waals surface area contributed by atoms with Crippen LogP contribution >= 0.6 is 11.9 Å². The molecule has 56 valence electrons. The largest absolute Gasteiger partial charge is 0.475 e. The first-order valence-corrected chi connectivity index (χ1v) is 2.46. The summed E-state index contributed by atoms with van der Waals surface area (Å²) in [6, 6.07) is 0. The smallest absolute Gasteiger partial charge is 0.372 e. The molecule has 0 bridgehead atoms. The lowest BCUT2D eigenvalue weighted by atomic mass is 10.3. The summed E-state index contributed by atoms with van der Waals surface area (Å²) in [6.07, 6.45) is -0.834. The average molecular weight is 167 g/mol. The fourth-order valence-electron chi connectivity index (χ4n) is 0.234. The summed E-state index contributed by atoms with van der Waals surface area (Å²) in [4.78, 5) is 30.0. The number of carboxylic acid groups (broad SMARTS) is 1. The van der Waals surface area contributed by atoms with E-state index in [0.717, 1.165) is 0 Å². The molecule has 0 spiro atoms. The van der Waals surface area contributed by atoms with Crippen LogP contribution in [0.3, 0.4) is 0 Å². The fraction of sp³-hybridized carbons (Fsp3) is 0.250. The van der Waals surface area contributed by atoms with E-state index in [-0.39, 0.29) is 0 Å². The Bertz CT molecular complexity index is 174. The first-order valence-electron chi connectivity index (χ1n) is 2.15. The monoisotopic (exact) mass is 166 g/mol. The Balaban J connectivity index is 3.80. The Morgan fingerprint density at radius 1 is 1.40 bits per heavy atom. The lowest BCUT2D eigenvalue weighted by Crippen LogP contribution is -2.16. The van der Waals surface area contributed by atoms with Gasteiger partial charge in [0, 0.05) is 0 Å². The molecule has 0 heterocycles. The Labute approximate surface area is 60.7 Å². The number of hydrogen-bond donors (Lipinski definition) is 1. The molecule has 0 fully saturated rings. The van der Waals surface area contributed by atoms with Crippen molar-refractivity contribution in [1.82, 2.24) is 0 Å². The third kappa shape index (κ3) is 3.03. The van der Waals surface area contributed by atoms with Crippen LogP contribution in [0, 0.1) is 0 Å². The number of carbonyl (C=O) groups is 3. The molecule has 5 nitrogen and oxygen atoms in total. The predicted molar refractivity (Wildman–Crippen MR) is 29.2 cm³/mol. The van der Waals surface area contributed by atoms with E-state index in [1.54, 1.807) is 0 Å². The van der Waals surface area contributed by atoms with E-state index in [0.29, 0.717) is 0 Å². The highest BCUT2D eigenvalue weighted by atomic mass is 35.5. The molecule has 0 saturated heterocycles. The van der Waals surface area contributed by atoms with Gasteiger partial charge in [0.25, 0.3) is 5.78 Å². The van der Waals surface area contributed by atoms with Crippen LogP contribution in [0.15, 0.2) is 0 Å². The Morgan fingerprint density at radius 3 is 2.20 bits per heavy atom. The molecule has 0 aliphatic carbocycles. The molecule has 0 aromatic rings. The Morgan fingerprint density at radius 2 is 1.90 bits per heavy atom. The van der Waals surface area contributed by atoms with E-state index in [1.165, 1.54) is 0 Å². The van der Waals surface area contributed by atoms with E-state index < -0.39 is 24.1 Å². The van der Waals surface area contributed by atoms with Crippen LogP contribution in [-0.4, -0.2) is 22.8 Å². The molecule has 0 aliphatic heterocycles. The van der Waals surface area contributed by atoms with Crippen LogP contribution in [0.1, 0.15) is 6.42 Å². The zero-order valence-electron chi connectivity index (χ0n) is 4.67. The van der Waals surface area contributed by atoms with Crippen molar-refractivity contribution in [2.45, 2.75) is 6.42 Å². The van der Waals surface area contributed by atoms with Crippen molar-refractivity contribution in [3.63, 3.8) is 0 Å². The van der Waals surface area contributed by atoms with Crippen molar-refractivity contribution in [2.24, 2.45) is 0 Å². The fourth-order valence-corrected chi connectivity index (χ4v) is 0.289. The zero-order valence-corrected chi connectivity index (χ0v) is 5.42. The van der Waals surface area contributed by atoms with Crippen molar-refractivity contribution in [3.8, 4) is 0 Å². The van der Waals surface area contributed by atoms with Crippen LogP contribution in [0.2, 0.25) is 0 Å². The highest BCUT2D eigenvalue weighted by molar-refractivity contribution is 6.36. The number of halogens is 1. The lowest BCUT2D eigenvalue weighted by molar-refractivity contribution is -0.152. The van der Waals surface area contributed by atoms with Crippen molar-refractivity contribution in [1.29, 1.82) is 0 Å². The van der Waals surface area contributed by atoms with Gasteiger partial charge in [-0.25, -0.2) is 4.79 Å². The number of Topliss-reactive ketones (excluding diaryl/α,β-unsaturated/α-hetero) is 1. The van der Waals surface area contributed by atoms with Gasteiger partial charge in [-0.3, -0.25) is 9.59 Å². The minimum Gasteiger partial charge on any atom is -0.475 e. The van der Waals surface area contributed by atoms with E-state index >= 15 is 0 Å².